The molecule has 0 saturated carbocycles. The fourth-order valence-corrected chi connectivity index (χ4v) is 4.68. The molecule has 2 heterocycles. The molecule has 0 bridgehead atoms. The van der Waals surface area contributed by atoms with Gasteiger partial charge >= 0.3 is 0 Å². The Morgan fingerprint density at radius 2 is 1.15 bits per heavy atom. The van der Waals surface area contributed by atoms with E-state index in [0.717, 1.165) is 11.1 Å². The van der Waals surface area contributed by atoms with Crippen molar-refractivity contribution < 1.29 is 59.8 Å². The van der Waals surface area contributed by atoms with Crippen molar-refractivity contribution in [2.75, 3.05) is 13.2 Å². The van der Waals surface area contributed by atoms with E-state index in [-0.39, 0.29) is 11.2 Å². The number of benzene rings is 2. The second-order valence-electron chi connectivity index (χ2n) is 10.4. The molecule has 2 aromatic rings. The Labute approximate surface area is 225 Å². The lowest BCUT2D eigenvalue weighted by Crippen LogP contribution is -2.62. The van der Waals surface area contributed by atoms with Crippen LogP contribution in [0, 0.1) is 0 Å². The first-order valence-corrected chi connectivity index (χ1v) is 12.6. The zero-order valence-electron chi connectivity index (χ0n) is 21.5. The summed E-state index contributed by atoms with van der Waals surface area (Å²) in [5, 5.41) is 80.1. The summed E-state index contributed by atoms with van der Waals surface area (Å²) in [6.45, 7) is 2.97. The molecule has 0 unspecified atom stereocenters. The van der Waals surface area contributed by atoms with Gasteiger partial charge in [-0.15, -0.1) is 0 Å². The fraction of sp³-hybridized carbons (Fsp3) is 0.556. The Kier molecular flexibility index (Phi) is 9.13. The van der Waals surface area contributed by atoms with Crippen LogP contribution in [0.5, 0.6) is 11.5 Å². The van der Waals surface area contributed by atoms with Crippen molar-refractivity contribution in [2.45, 2.75) is 80.7 Å². The molecule has 4 rings (SSSR count). The van der Waals surface area contributed by atoms with Crippen molar-refractivity contribution in [2.24, 2.45) is 0 Å². The standard InChI is InChI=1S/C27H36O12/c1-27(2,13-3-7-15(29)8-4-13)14-5-9-16(10-6-14)37-26-24(35)22(33)20(31)18(39-26)12-36-25-23(34)21(32)19(30)17(11-28)38-25/h3-10,17-26,28-35H,11-12H2,1-2H3/t17-,18-,19-,20-,21+,22+,23-,24-,25-,26-/m1/s1. The highest BCUT2D eigenvalue weighted by atomic mass is 16.7. The number of phenolic OH excluding ortho intramolecular Hbond substituents is 1. The number of phenols is 1. The van der Waals surface area contributed by atoms with Gasteiger partial charge in [0, 0.05) is 5.41 Å². The first-order chi connectivity index (χ1) is 18.4. The van der Waals surface area contributed by atoms with Crippen LogP contribution in [0.15, 0.2) is 48.5 Å². The van der Waals surface area contributed by atoms with Crippen molar-refractivity contribution in [1.29, 1.82) is 0 Å². The van der Waals surface area contributed by atoms with E-state index >= 15 is 0 Å². The Morgan fingerprint density at radius 1 is 0.667 bits per heavy atom. The van der Waals surface area contributed by atoms with Crippen LogP contribution >= 0.6 is 0 Å². The highest BCUT2D eigenvalue weighted by Crippen LogP contribution is 2.34. The quantitative estimate of drug-likeness (QED) is 0.193. The molecule has 0 aromatic heterocycles. The lowest BCUT2D eigenvalue weighted by molar-refractivity contribution is -0.323. The maximum absolute atomic E-state index is 10.5. The molecule has 0 aliphatic carbocycles. The van der Waals surface area contributed by atoms with Gasteiger partial charge in [-0.3, -0.25) is 0 Å². The van der Waals surface area contributed by atoms with Crippen LogP contribution in [0.25, 0.3) is 0 Å². The maximum Gasteiger partial charge on any atom is 0.229 e. The molecule has 2 fully saturated rings. The maximum atomic E-state index is 10.5. The minimum Gasteiger partial charge on any atom is -0.508 e. The van der Waals surface area contributed by atoms with Gasteiger partial charge in [0.15, 0.2) is 6.29 Å². The highest BCUT2D eigenvalue weighted by Gasteiger charge is 2.47. The molecule has 0 amide bonds. The van der Waals surface area contributed by atoms with Crippen LogP contribution < -0.4 is 4.74 Å². The van der Waals surface area contributed by atoms with Gasteiger partial charge < -0.3 is 59.8 Å². The summed E-state index contributed by atoms with van der Waals surface area (Å²) >= 11 is 0. The molecular formula is C27H36O12. The number of aromatic hydroxyl groups is 1. The SMILES string of the molecule is CC(C)(c1ccc(O)cc1)c1ccc(O[C@@H]2O[C@H](CO[C@@H]3O[C@H](CO)[C@@H](O)[C@H](O)[C@H]3O)[C@@H](O)[C@H](O)[C@H]2O)cc1. The van der Waals surface area contributed by atoms with E-state index in [1.807, 2.05) is 38.1 Å². The van der Waals surface area contributed by atoms with Crippen molar-refractivity contribution >= 4 is 0 Å². The van der Waals surface area contributed by atoms with E-state index in [4.69, 9.17) is 18.9 Å². The number of rotatable bonds is 8. The third-order valence-electron chi connectivity index (χ3n) is 7.36. The molecule has 39 heavy (non-hydrogen) atoms. The minimum atomic E-state index is -1.66. The van der Waals surface area contributed by atoms with Gasteiger partial charge in [0.05, 0.1) is 13.2 Å². The van der Waals surface area contributed by atoms with E-state index in [1.165, 1.54) is 0 Å². The predicted octanol–water partition coefficient (Wildman–Crippen LogP) is -1.28. The van der Waals surface area contributed by atoms with Crippen LogP contribution in [0.3, 0.4) is 0 Å². The van der Waals surface area contributed by atoms with Gasteiger partial charge in [0.1, 0.15) is 60.3 Å². The summed E-state index contributed by atoms with van der Waals surface area (Å²) in [6, 6.07) is 13.9. The summed E-state index contributed by atoms with van der Waals surface area (Å²) in [4.78, 5) is 0. The minimum absolute atomic E-state index is 0.175. The molecule has 2 saturated heterocycles. The number of ether oxygens (including phenoxy) is 4. The lowest BCUT2D eigenvalue weighted by atomic mass is 9.78. The zero-order chi connectivity index (χ0) is 28.5. The predicted molar refractivity (Wildman–Crippen MR) is 134 cm³/mol. The number of aliphatic hydroxyl groups is 7. The van der Waals surface area contributed by atoms with Gasteiger partial charge in [0.25, 0.3) is 0 Å². The van der Waals surface area contributed by atoms with Crippen molar-refractivity contribution in [1.82, 2.24) is 0 Å². The first-order valence-electron chi connectivity index (χ1n) is 12.6. The molecule has 8 N–H and O–H groups in total. The van der Waals surface area contributed by atoms with Crippen molar-refractivity contribution in [3.05, 3.63) is 59.7 Å². The topological polar surface area (TPSA) is 199 Å². The average molecular weight is 553 g/mol. The van der Waals surface area contributed by atoms with E-state index in [9.17, 15) is 40.9 Å². The molecule has 2 aliphatic heterocycles. The second kappa shape index (κ2) is 12.0. The van der Waals surface area contributed by atoms with Gasteiger partial charge in [-0.05, 0) is 35.4 Å². The van der Waals surface area contributed by atoms with E-state index < -0.39 is 74.6 Å². The first kappa shape index (κ1) is 29.6. The smallest absolute Gasteiger partial charge is 0.229 e. The van der Waals surface area contributed by atoms with Crippen LogP contribution in [0.1, 0.15) is 25.0 Å². The normalized spacial score (nSPS) is 35.5. The average Bonchev–Trinajstić information content (AvgIpc) is 2.93. The van der Waals surface area contributed by atoms with E-state index in [1.54, 1.807) is 24.3 Å². The summed E-state index contributed by atoms with van der Waals surface area (Å²) < 4.78 is 22.1. The summed E-state index contributed by atoms with van der Waals surface area (Å²) in [5.41, 5.74) is 1.55. The van der Waals surface area contributed by atoms with E-state index in [2.05, 4.69) is 0 Å². The summed E-state index contributed by atoms with van der Waals surface area (Å²) in [6.07, 6.45) is -15.0. The Balaban J connectivity index is 1.41. The molecule has 2 aromatic carbocycles. The van der Waals surface area contributed by atoms with Gasteiger partial charge in [-0.2, -0.15) is 0 Å². The Bertz CT molecular complexity index is 1060. The molecular weight excluding hydrogens is 516 g/mol. The number of hydrogen-bond donors (Lipinski definition) is 8. The van der Waals surface area contributed by atoms with Crippen LogP contribution in [-0.4, -0.2) is 115 Å². The summed E-state index contributed by atoms with van der Waals surface area (Å²) in [5.74, 6) is 0.495. The third kappa shape index (κ3) is 6.20. The molecule has 0 spiro atoms. The monoisotopic (exact) mass is 552 g/mol. The van der Waals surface area contributed by atoms with Crippen LogP contribution in [0.2, 0.25) is 0 Å². The summed E-state index contributed by atoms with van der Waals surface area (Å²) in [7, 11) is 0. The lowest BCUT2D eigenvalue weighted by Gasteiger charge is -2.42. The largest absolute Gasteiger partial charge is 0.508 e. The Morgan fingerprint density at radius 3 is 1.72 bits per heavy atom. The van der Waals surface area contributed by atoms with Gasteiger partial charge in [0.2, 0.25) is 6.29 Å². The van der Waals surface area contributed by atoms with Crippen LogP contribution in [0.4, 0.5) is 0 Å². The van der Waals surface area contributed by atoms with Crippen LogP contribution in [-0.2, 0) is 19.6 Å². The van der Waals surface area contributed by atoms with Gasteiger partial charge in [-0.1, -0.05) is 38.1 Å². The third-order valence-corrected chi connectivity index (χ3v) is 7.36. The molecule has 12 nitrogen and oxygen atoms in total. The molecule has 216 valence electrons. The molecule has 0 radical (unpaired) electrons. The number of hydrogen-bond acceptors (Lipinski definition) is 12. The van der Waals surface area contributed by atoms with E-state index in [0.29, 0.717) is 5.75 Å². The number of aliphatic hydroxyl groups excluding tert-OH is 7. The second-order valence-corrected chi connectivity index (χ2v) is 10.4. The van der Waals surface area contributed by atoms with Crippen molar-refractivity contribution in [3.63, 3.8) is 0 Å². The zero-order valence-corrected chi connectivity index (χ0v) is 21.5. The van der Waals surface area contributed by atoms with Gasteiger partial charge in [-0.25, -0.2) is 0 Å². The Hall–Kier alpha value is -2.36. The van der Waals surface area contributed by atoms with Crippen molar-refractivity contribution in [3.8, 4) is 11.5 Å². The molecule has 10 atom stereocenters. The highest BCUT2D eigenvalue weighted by molar-refractivity contribution is 5.41. The molecule has 12 heteroatoms. The fourth-order valence-electron chi connectivity index (χ4n) is 4.68. The molecule has 2 aliphatic rings.